The smallest absolute Gasteiger partial charge is 0.229 e. The van der Waals surface area contributed by atoms with Gasteiger partial charge in [-0.15, -0.1) is 0 Å². The van der Waals surface area contributed by atoms with Crippen LogP contribution in [0, 0.1) is 5.92 Å². The third-order valence-corrected chi connectivity index (χ3v) is 5.72. The van der Waals surface area contributed by atoms with Crippen molar-refractivity contribution >= 4 is 29.1 Å². The molecule has 1 atom stereocenters. The molecule has 1 saturated heterocycles. The van der Waals surface area contributed by atoms with E-state index in [9.17, 15) is 14.4 Å². The van der Waals surface area contributed by atoms with Crippen LogP contribution in [0.3, 0.4) is 0 Å². The first-order valence-corrected chi connectivity index (χ1v) is 10.0. The van der Waals surface area contributed by atoms with Gasteiger partial charge in [0, 0.05) is 44.4 Å². The summed E-state index contributed by atoms with van der Waals surface area (Å²) in [4.78, 5) is 40.2. The Kier molecular flexibility index (Phi) is 5.34. The molecule has 2 aliphatic rings. The van der Waals surface area contributed by atoms with Gasteiger partial charge in [-0.1, -0.05) is 30.3 Å². The van der Waals surface area contributed by atoms with Crippen molar-refractivity contribution in [2.24, 2.45) is 5.92 Å². The monoisotopic (exact) mass is 391 g/mol. The number of carbonyl (C=O) groups is 3. The fourth-order valence-electron chi connectivity index (χ4n) is 4.12. The summed E-state index contributed by atoms with van der Waals surface area (Å²) in [6, 6.07) is 15.7. The van der Waals surface area contributed by atoms with Crippen molar-refractivity contribution in [2.75, 3.05) is 29.9 Å². The number of amides is 3. The van der Waals surface area contributed by atoms with Crippen LogP contribution in [0.5, 0.6) is 0 Å². The molecule has 4 rings (SSSR count). The number of nitrogens with zero attached hydrogens (tertiary/aromatic N) is 2. The summed E-state index contributed by atoms with van der Waals surface area (Å²) in [6.45, 7) is 3.33. The first kappa shape index (κ1) is 19.2. The molecule has 2 heterocycles. The fourth-order valence-corrected chi connectivity index (χ4v) is 4.12. The van der Waals surface area contributed by atoms with Crippen LogP contribution in [0.15, 0.2) is 48.5 Å². The maximum absolute atomic E-state index is 12.7. The van der Waals surface area contributed by atoms with E-state index in [0.29, 0.717) is 25.3 Å². The second-order valence-corrected chi connectivity index (χ2v) is 7.73. The minimum absolute atomic E-state index is 0.0283. The standard InChI is InChI=1S/C23H25N3O3/c1-16(27)26-12-10-18-13-20(7-8-21(18)26)24-23(29)19-14-22(28)25(15-19)11-9-17-5-3-2-4-6-17/h2-8,13,19H,9-12,14-15H2,1H3,(H,24,29). The molecule has 29 heavy (non-hydrogen) atoms. The molecular weight excluding hydrogens is 366 g/mol. The van der Waals surface area contributed by atoms with Crippen LogP contribution in [0.25, 0.3) is 0 Å². The van der Waals surface area contributed by atoms with Crippen molar-refractivity contribution in [1.82, 2.24) is 4.90 Å². The van der Waals surface area contributed by atoms with Crippen LogP contribution in [0.1, 0.15) is 24.5 Å². The summed E-state index contributed by atoms with van der Waals surface area (Å²) in [5, 5.41) is 2.95. The normalized spacial score (nSPS) is 18.1. The van der Waals surface area contributed by atoms with Crippen LogP contribution < -0.4 is 10.2 Å². The van der Waals surface area contributed by atoms with E-state index in [1.807, 2.05) is 48.5 Å². The Balaban J connectivity index is 1.35. The summed E-state index contributed by atoms with van der Waals surface area (Å²) in [5.41, 5.74) is 3.88. The first-order chi connectivity index (χ1) is 14.0. The highest BCUT2D eigenvalue weighted by atomic mass is 16.2. The molecule has 0 aliphatic carbocycles. The summed E-state index contributed by atoms with van der Waals surface area (Å²) >= 11 is 0. The van der Waals surface area contributed by atoms with Gasteiger partial charge >= 0.3 is 0 Å². The van der Waals surface area contributed by atoms with Gasteiger partial charge in [-0.25, -0.2) is 0 Å². The van der Waals surface area contributed by atoms with E-state index in [1.165, 1.54) is 5.56 Å². The van der Waals surface area contributed by atoms with E-state index in [2.05, 4.69) is 5.32 Å². The summed E-state index contributed by atoms with van der Waals surface area (Å²) in [7, 11) is 0. The van der Waals surface area contributed by atoms with E-state index in [1.54, 1.807) is 16.7 Å². The number of likely N-dealkylation sites (tertiary alicyclic amines) is 1. The highest BCUT2D eigenvalue weighted by Gasteiger charge is 2.34. The maximum Gasteiger partial charge on any atom is 0.229 e. The third-order valence-electron chi connectivity index (χ3n) is 5.72. The topological polar surface area (TPSA) is 69.7 Å². The molecule has 6 nitrogen and oxygen atoms in total. The molecule has 150 valence electrons. The molecule has 1 N–H and O–H groups in total. The number of anilines is 2. The third kappa shape index (κ3) is 4.16. The van der Waals surface area contributed by atoms with Gasteiger partial charge in [-0.2, -0.15) is 0 Å². The lowest BCUT2D eigenvalue weighted by Gasteiger charge is -2.17. The molecule has 1 fully saturated rings. The lowest BCUT2D eigenvalue weighted by Crippen LogP contribution is -2.30. The Morgan fingerprint density at radius 2 is 1.93 bits per heavy atom. The van der Waals surface area contributed by atoms with E-state index in [4.69, 9.17) is 0 Å². The zero-order valence-electron chi connectivity index (χ0n) is 16.6. The van der Waals surface area contributed by atoms with E-state index in [-0.39, 0.29) is 30.1 Å². The molecular formula is C23H25N3O3. The van der Waals surface area contributed by atoms with Crippen molar-refractivity contribution in [2.45, 2.75) is 26.2 Å². The number of fused-ring (bicyclic) bond motifs is 1. The molecule has 3 amide bonds. The SMILES string of the molecule is CC(=O)N1CCc2cc(NC(=O)C3CC(=O)N(CCc4ccccc4)C3)ccc21. The number of hydrogen-bond donors (Lipinski definition) is 1. The van der Waals surface area contributed by atoms with Crippen molar-refractivity contribution in [3.05, 3.63) is 59.7 Å². The number of benzene rings is 2. The minimum Gasteiger partial charge on any atom is -0.342 e. The van der Waals surface area contributed by atoms with Crippen LogP contribution >= 0.6 is 0 Å². The van der Waals surface area contributed by atoms with Crippen LogP contribution in [0.4, 0.5) is 11.4 Å². The Hall–Kier alpha value is -3.15. The van der Waals surface area contributed by atoms with Gasteiger partial charge in [-0.3, -0.25) is 14.4 Å². The van der Waals surface area contributed by atoms with E-state index >= 15 is 0 Å². The van der Waals surface area contributed by atoms with Crippen LogP contribution in [-0.4, -0.2) is 42.3 Å². The molecule has 0 bridgehead atoms. The Morgan fingerprint density at radius 1 is 1.14 bits per heavy atom. The first-order valence-electron chi connectivity index (χ1n) is 10.0. The molecule has 2 aromatic carbocycles. The van der Waals surface area contributed by atoms with Crippen molar-refractivity contribution in [1.29, 1.82) is 0 Å². The van der Waals surface area contributed by atoms with Crippen molar-refractivity contribution in [3.8, 4) is 0 Å². The van der Waals surface area contributed by atoms with Gasteiger partial charge in [0.05, 0.1) is 5.92 Å². The molecule has 2 aliphatic heterocycles. The van der Waals surface area contributed by atoms with Crippen LogP contribution in [0.2, 0.25) is 0 Å². The van der Waals surface area contributed by atoms with Gasteiger partial charge in [0.25, 0.3) is 0 Å². The zero-order chi connectivity index (χ0) is 20.4. The predicted molar refractivity (Wildman–Crippen MR) is 112 cm³/mol. The molecule has 2 aromatic rings. The number of carbonyl (C=O) groups excluding carboxylic acids is 3. The average molecular weight is 391 g/mol. The van der Waals surface area contributed by atoms with Gasteiger partial charge in [0.2, 0.25) is 17.7 Å². The predicted octanol–water partition coefficient (Wildman–Crippen LogP) is 2.63. The van der Waals surface area contributed by atoms with Gasteiger partial charge in [-0.05, 0) is 42.2 Å². The zero-order valence-corrected chi connectivity index (χ0v) is 16.6. The second kappa shape index (κ2) is 8.07. The average Bonchev–Trinajstić information content (AvgIpc) is 3.30. The van der Waals surface area contributed by atoms with Crippen LogP contribution in [-0.2, 0) is 27.2 Å². The summed E-state index contributed by atoms with van der Waals surface area (Å²) in [6.07, 6.45) is 1.83. The highest BCUT2D eigenvalue weighted by Crippen LogP contribution is 2.31. The fraction of sp³-hybridized carbons (Fsp3) is 0.348. The maximum atomic E-state index is 12.7. The lowest BCUT2D eigenvalue weighted by atomic mass is 10.1. The lowest BCUT2D eigenvalue weighted by molar-refractivity contribution is -0.128. The summed E-state index contributed by atoms with van der Waals surface area (Å²) < 4.78 is 0. The second-order valence-electron chi connectivity index (χ2n) is 7.73. The number of rotatable bonds is 5. The van der Waals surface area contributed by atoms with E-state index in [0.717, 1.165) is 24.1 Å². The Bertz CT molecular complexity index is 942. The molecule has 1 unspecified atom stereocenters. The van der Waals surface area contributed by atoms with Gasteiger partial charge < -0.3 is 15.1 Å². The van der Waals surface area contributed by atoms with E-state index < -0.39 is 0 Å². The highest BCUT2D eigenvalue weighted by molar-refractivity contribution is 5.98. The van der Waals surface area contributed by atoms with Crippen molar-refractivity contribution in [3.63, 3.8) is 0 Å². The Morgan fingerprint density at radius 3 is 2.69 bits per heavy atom. The molecule has 0 radical (unpaired) electrons. The largest absolute Gasteiger partial charge is 0.342 e. The summed E-state index contributed by atoms with van der Waals surface area (Å²) in [5.74, 6) is -0.394. The minimum atomic E-state index is -0.333. The molecule has 0 aromatic heterocycles. The molecule has 6 heteroatoms. The quantitative estimate of drug-likeness (QED) is 0.852. The number of hydrogen-bond acceptors (Lipinski definition) is 3. The number of nitrogens with one attached hydrogen (secondary N) is 1. The van der Waals surface area contributed by atoms with Gasteiger partial charge in [0.15, 0.2) is 0 Å². The van der Waals surface area contributed by atoms with Crippen molar-refractivity contribution < 1.29 is 14.4 Å². The molecule has 0 saturated carbocycles. The van der Waals surface area contributed by atoms with Gasteiger partial charge in [0.1, 0.15) is 0 Å². The molecule has 0 spiro atoms. The Labute approximate surface area is 170 Å².